The molecule has 2 heteroatoms. The van der Waals surface area contributed by atoms with E-state index in [1.807, 2.05) is 0 Å². The van der Waals surface area contributed by atoms with Gasteiger partial charge in [-0.2, -0.15) is 0 Å². The van der Waals surface area contributed by atoms with E-state index in [1.54, 1.807) is 0 Å². The number of ketones is 1. The van der Waals surface area contributed by atoms with E-state index in [4.69, 9.17) is 0 Å². The normalized spacial score (nSPS) is 10.6. The molecule has 0 saturated carbocycles. The molecular weight excluding hydrogens is 195 g/mol. The summed E-state index contributed by atoms with van der Waals surface area (Å²) in [6.07, 6.45) is 12.9. The molecule has 1 nitrogen and oxygen atoms in total. The first-order valence-electron chi connectivity index (χ1n) is 6.83. The van der Waals surface area contributed by atoms with E-state index in [1.165, 1.54) is 51.4 Å². The van der Waals surface area contributed by atoms with Gasteiger partial charge in [-0.25, -0.2) is 0 Å². The Morgan fingerprint density at radius 1 is 0.867 bits per heavy atom. The van der Waals surface area contributed by atoms with Crippen LogP contribution in [-0.2, 0) is 4.79 Å². The fraction of sp³-hybridized carbons (Fsp3) is 0.923. The molecule has 0 aromatic heterocycles. The Labute approximate surface area is 113 Å². The molecule has 0 fully saturated rings. The molecule has 0 aliphatic rings. The number of hydrogen-bond donors (Lipinski definition) is 0. The molecule has 0 heterocycles. The van der Waals surface area contributed by atoms with Gasteiger partial charge in [0.1, 0.15) is 0 Å². The second-order valence-corrected chi connectivity index (χ2v) is 5.18. The summed E-state index contributed by atoms with van der Waals surface area (Å²) >= 11 is 1.04. The van der Waals surface area contributed by atoms with Gasteiger partial charge in [-0.1, -0.05) is 6.92 Å². The summed E-state index contributed by atoms with van der Waals surface area (Å²) in [6.45, 7) is 2.26. The molecule has 0 saturated heterocycles. The SMILES string of the molecule is CCCCCCCCCCCC(=O)[CH2][Na]. The first-order chi connectivity index (χ1) is 7.31. The molecule has 0 rings (SSSR count). The van der Waals surface area contributed by atoms with Gasteiger partial charge in [0.15, 0.2) is 0 Å². The summed E-state index contributed by atoms with van der Waals surface area (Å²) in [6, 6.07) is 0. The molecule has 0 spiro atoms. The van der Waals surface area contributed by atoms with E-state index < -0.39 is 0 Å². The Hall–Kier alpha value is 0.670. The zero-order valence-corrected chi connectivity index (χ0v) is 12.7. The minimum atomic E-state index is 0.490. The van der Waals surface area contributed by atoms with Crippen LogP contribution in [0.2, 0.25) is 3.67 Å². The Morgan fingerprint density at radius 2 is 1.33 bits per heavy atom. The van der Waals surface area contributed by atoms with Gasteiger partial charge in [0.2, 0.25) is 0 Å². The molecule has 0 N–H and O–H groups in total. The van der Waals surface area contributed by atoms with E-state index in [0.29, 0.717) is 5.78 Å². The van der Waals surface area contributed by atoms with Crippen LogP contribution in [0.5, 0.6) is 0 Å². The summed E-state index contributed by atoms with van der Waals surface area (Å²) in [5.41, 5.74) is 0. The Balaban J connectivity index is 2.95. The van der Waals surface area contributed by atoms with Gasteiger partial charge in [-0.05, 0) is 0 Å². The molecule has 84 valence electrons. The summed E-state index contributed by atoms with van der Waals surface area (Å²) < 4.78 is 0.858. The van der Waals surface area contributed by atoms with Crippen LogP contribution in [0.4, 0.5) is 0 Å². The number of carbonyl (C=O) groups is 1. The zero-order valence-electron chi connectivity index (χ0n) is 10.7. The third-order valence-electron chi connectivity index (χ3n) is 2.95. The molecule has 0 radical (unpaired) electrons. The molecule has 15 heavy (non-hydrogen) atoms. The number of unbranched alkanes of at least 4 members (excludes halogenated alkanes) is 8. The molecule has 0 aromatic carbocycles. The van der Waals surface area contributed by atoms with Gasteiger partial charge in [-0.15, -0.1) is 0 Å². The van der Waals surface area contributed by atoms with Crippen molar-refractivity contribution in [3.8, 4) is 0 Å². The first kappa shape index (κ1) is 15.7. The third kappa shape index (κ3) is 12.6. The van der Waals surface area contributed by atoms with Crippen LogP contribution in [0.1, 0.15) is 71.1 Å². The summed E-state index contributed by atoms with van der Waals surface area (Å²) in [5, 5.41) is 0. The fourth-order valence-corrected chi connectivity index (χ4v) is 2.16. The summed E-state index contributed by atoms with van der Waals surface area (Å²) in [4.78, 5) is 11.1. The molecular formula is C13H25NaO. The molecule has 0 bridgehead atoms. The van der Waals surface area contributed by atoms with E-state index in [9.17, 15) is 4.79 Å². The summed E-state index contributed by atoms with van der Waals surface area (Å²) in [7, 11) is 0. The van der Waals surface area contributed by atoms with Gasteiger partial charge in [0.25, 0.3) is 0 Å². The predicted octanol–water partition coefficient (Wildman–Crippen LogP) is 4.06. The molecule has 0 unspecified atom stereocenters. The van der Waals surface area contributed by atoms with Crippen molar-refractivity contribution >= 4 is 33.7 Å². The van der Waals surface area contributed by atoms with Gasteiger partial charge >= 0.3 is 106 Å². The maximum absolute atomic E-state index is 11.1. The van der Waals surface area contributed by atoms with Crippen LogP contribution in [0, 0.1) is 0 Å². The Morgan fingerprint density at radius 3 is 1.80 bits per heavy atom. The van der Waals surface area contributed by atoms with Crippen LogP contribution in [0.25, 0.3) is 0 Å². The van der Waals surface area contributed by atoms with Crippen molar-refractivity contribution in [2.45, 2.75) is 74.8 Å². The van der Waals surface area contributed by atoms with Crippen molar-refractivity contribution < 1.29 is 4.79 Å². The molecule has 0 amide bonds. The average molecular weight is 220 g/mol. The summed E-state index contributed by atoms with van der Waals surface area (Å²) in [5.74, 6) is 0.490. The zero-order chi connectivity index (χ0) is 11.4. The monoisotopic (exact) mass is 220 g/mol. The van der Waals surface area contributed by atoms with Crippen molar-refractivity contribution in [1.82, 2.24) is 0 Å². The number of Topliss-reactive ketones (excluding diaryl/α,β-unsaturated/α-hetero) is 1. The molecule has 0 atom stereocenters. The fourth-order valence-electron chi connectivity index (χ4n) is 1.81. The van der Waals surface area contributed by atoms with Crippen molar-refractivity contribution in [1.29, 1.82) is 0 Å². The predicted molar refractivity (Wildman–Crippen MR) is 67.4 cm³/mol. The quantitative estimate of drug-likeness (QED) is 0.379. The number of hydrogen-bond acceptors (Lipinski definition) is 1. The number of rotatable bonds is 11. The number of carbonyl (C=O) groups excluding carboxylic acids is 1. The third-order valence-corrected chi connectivity index (χ3v) is 3.74. The van der Waals surface area contributed by atoms with Crippen molar-refractivity contribution in [2.75, 3.05) is 0 Å². The average Bonchev–Trinajstić information content (AvgIpc) is 2.26. The van der Waals surface area contributed by atoms with Crippen LogP contribution in [0.15, 0.2) is 0 Å². The topological polar surface area (TPSA) is 17.1 Å². The van der Waals surface area contributed by atoms with Crippen LogP contribution in [-0.4, -0.2) is 33.7 Å². The van der Waals surface area contributed by atoms with E-state index in [2.05, 4.69) is 6.92 Å². The van der Waals surface area contributed by atoms with Gasteiger partial charge in [0, 0.05) is 0 Å². The van der Waals surface area contributed by atoms with E-state index in [-0.39, 0.29) is 0 Å². The first-order valence-corrected chi connectivity index (χ1v) is 8.24. The second kappa shape index (κ2) is 12.7. The van der Waals surface area contributed by atoms with Crippen LogP contribution < -0.4 is 0 Å². The molecule has 0 aliphatic heterocycles. The van der Waals surface area contributed by atoms with Crippen LogP contribution >= 0.6 is 0 Å². The van der Waals surface area contributed by atoms with E-state index in [0.717, 1.165) is 44.4 Å². The van der Waals surface area contributed by atoms with Crippen molar-refractivity contribution in [3.63, 3.8) is 0 Å². The maximum atomic E-state index is 11.1. The molecule has 0 aromatic rings. The Bertz CT molecular complexity index is 145. The van der Waals surface area contributed by atoms with Gasteiger partial charge in [0.05, 0.1) is 0 Å². The second-order valence-electron chi connectivity index (χ2n) is 4.47. The van der Waals surface area contributed by atoms with Crippen molar-refractivity contribution in [2.24, 2.45) is 0 Å². The molecule has 0 aliphatic carbocycles. The van der Waals surface area contributed by atoms with E-state index >= 15 is 0 Å². The standard InChI is InChI=1S/C13H25O.Na/c1-3-4-5-6-7-8-9-10-11-12-13(2)14;/h2-12H2,1H3;. The minimum absolute atomic E-state index is 0.490. The van der Waals surface area contributed by atoms with Gasteiger partial charge in [-0.3, -0.25) is 0 Å². The van der Waals surface area contributed by atoms with Gasteiger partial charge < -0.3 is 0 Å². The van der Waals surface area contributed by atoms with Crippen LogP contribution in [0.3, 0.4) is 0 Å². The van der Waals surface area contributed by atoms with Crippen molar-refractivity contribution in [3.05, 3.63) is 0 Å². The Kier molecular flexibility index (Phi) is 13.3.